The number of carbonyl (C=O) groups excluding carboxylic acids is 2. The molecule has 2 atom stereocenters. The van der Waals surface area contributed by atoms with Gasteiger partial charge in [0.05, 0.1) is 11.6 Å². The second-order valence-corrected chi connectivity index (χ2v) is 6.22. The maximum absolute atomic E-state index is 12.9. The minimum Gasteiger partial charge on any atom is -0.438 e. The summed E-state index contributed by atoms with van der Waals surface area (Å²) in [6, 6.07) is -0.0184. The molecule has 1 saturated carbocycles. The van der Waals surface area contributed by atoms with Crippen LogP contribution < -0.4 is 5.32 Å². The van der Waals surface area contributed by atoms with E-state index >= 15 is 0 Å². The van der Waals surface area contributed by atoms with Crippen molar-refractivity contribution in [3.05, 3.63) is 17.8 Å². The summed E-state index contributed by atoms with van der Waals surface area (Å²) >= 11 is 0. The number of aryl methyl sites for hydroxylation is 1. The molecular formula is C16H23N3O3. The first kappa shape index (κ1) is 15.1. The summed E-state index contributed by atoms with van der Waals surface area (Å²) in [5.74, 6) is 0.185. The number of oxazole rings is 1. The molecule has 1 aromatic heterocycles. The average molecular weight is 305 g/mol. The Labute approximate surface area is 130 Å². The molecule has 1 saturated heterocycles. The summed E-state index contributed by atoms with van der Waals surface area (Å²) < 4.78 is 5.28. The molecule has 0 spiro atoms. The van der Waals surface area contributed by atoms with Crippen LogP contribution in [0, 0.1) is 12.8 Å². The number of fused-ring (bicyclic) bond motifs is 1. The molecule has 2 amide bonds. The van der Waals surface area contributed by atoms with Gasteiger partial charge in [0.15, 0.2) is 6.39 Å². The number of amides is 2. The quantitative estimate of drug-likeness (QED) is 0.859. The van der Waals surface area contributed by atoms with Gasteiger partial charge >= 0.3 is 0 Å². The zero-order valence-corrected chi connectivity index (χ0v) is 13.0. The Bertz CT molecular complexity index is 555. The van der Waals surface area contributed by atoms with Crippen molar-refractivity contribution in [3.8, 4) is 0 Å². The third-order valence-electron chi connectivity index (χ3n) is 4.79. The molecule has 1 aliphatic carbocycles. The molecule has 22 heavy (non-hydrogen) atoms. The van der Waals surface area contributed by atoms with Crippen LogP contribution in [-0.4, -0.2) is 40.8 Å². The maximum atomic E-state index is 12.9. The highest BCUT2D eigenvalue weighted by molar-refractivity contribution is 5.93. The summed E-state index contributed by atoms with van der Waals surface area (Å²) in [6.45, 7) is 3.21. The molecule has 0 bridgehead atoms. The van der Waals surface area contributed by atoms with Gasteiger partial charge in [-0.15, -0.1) is 0 Å². The van der Waals surface area contributed by atoms with Crippen LogP contribution in [0.5, 0.6) is 0 Å². The number of nitrogens with one attached hydrogen (secondary N) is 1. The smallest absolute Gasteiger partial charge is 0.291 e. The van der Waals surface area contributed by atoms with E-state index in [9.17, 15) is 9.59 Å². The second-order valence-electron chi connectivity index (χ2n) is 6.22. The molecule has 2 fully saturated rings. The number of hydrogen-bond donors (Lipinski definition) is 1. The van der Waals surface area contributed by atoms with E-state index in [1.54, 1.807) is 6.92 Å². The summed E-state index contributed by atoms with van der Waals surface area (Å²) in [6.07, 6.45) is 6.97. The molecule has 6 heteroatoms. The van der Waals surface area contributed by atoms with Gasteiger partial charge in [-0.2, -0.15) is 0 Å². The van der Waals surface area contributed by atoms with Gasteiger partial charge < -0.3 is 14.6 Å². The number of hydrogen-bond acceptors (Lipinski definition) is 4. The standard InChI is InChI=1S/C16H23N3O3/c1-11-14(22-10-18-11)16(21)19-9-4-2-3-8-17-15(20)12-6-5-7-13(12)19/h10,12-13H,2-9H2,1H3,(H,17,20)/t12-,13+/m1/s1. The van der Waals surface area contributed by atoms with E-state index in [-0.39, 0.29) is 23.8 Å². The highest BCUT2D eigenvalue weighted by Gasteiger charge is 2.40. The van der Waals surface area contributed by atoms with E-state index < -0.39 is 0 Å². The van der Waals surface area contributed by atoms with E-state index in [2.05, 4.69) is 10.3 Å². The first-order chi connectivity index (χ1) is 10.7. The van der Waals surface area contributed by atoms with Crippen LogP contribution in [0.4, 0.5) is 0 Å². The van der Waals surface area contributed by atoms with Crippen LogP contribution in [0.3, 0.4) is 0 Å². The van der Waals surface area contributed by atoms with E-state index in [4.69, 9.17) is 4.42 Å². The minimum absolute atomic E-state index is 0.0184. The number of carbonyl (C=O) groups is 2. The summed E-state index contributed by atoms with van der Waals surface area (Å²) in [5, 5.41) is 3.02. The van der Waals surface area contributed by atoms with E-state index in [0.29, 0.717) is 18.0 Å². The monoisotopic (exact) mass is 305 g/mol. The largest absolute Gasteiger partial charge is 0.438 e. The summed E-state index contributed by atoms with van der Waals surface area (Å²) in [5.41, 5.74) is 0.612. The van der Waals surface area contributed by atoms with Gasteiger partial charge in [0, 0.05) is 19.1 Å². The minimum atomic E-state index is -0.125. The van der Waals surface area contributed by atoms with Crippen LogP contribution in [0.25, 0.3) is 0 Å². The van der Waals surface area contributed by atoms with Crippen molar-refractivity contribution in [3.63, 3.8) is 0 Å². The molecule has 120 valence electrons. The normalized spacial score (nSPS) is 26.4. The van der Waals surface area contributed by atoms with E-state index in [1.165, 1.54) is 6.39 Å². The van der Waals surface area contributed by atoms with Crippen LogP contribution >= 0.6 is 0 Å². The Morgan fingerprint density at radius 2 is 2.18 bits per heavy atom. The van der Waals surface area contributed by atoms with Crippen LogP contribution in [0.1, 0.15) is 54.8 Å². The molecule has 1 aromatic rings. The predicted octanol–water partition coefficient (Wildman–Crippen LogP) is 1.89. The van der Waals surface area contributed by atoms with Gasteiger partial charge in [0.1, 0.15) is 0 Å². The third-order valence-corrected chi connectivity index (χ3v) is 4.79. The lowest BCUT2D eigenvalue weighted by Gasteiger charge is -2.33. The fourth-order valence-corrected chi connectivity index (χ4v) is 3.60. The molecule has 0 unspecified atom stereocenters. The van der Waals surface area contributed by atoms with Gasteiger partial charge in [-0.1, -0.05) is 6.42 Å². The molecule has 2 aliphatic rings. The lowest BCUT2D eigenvalue weighted by molar-refractivity contribution is -0.126. The van der Waals surface area contributed by atoms with Gasteiger partial charge in [-0.3, -0.25) is 9.59 Å². The Balaban J connectivity index is 1.86. The van der Waals surface area contributed by atoms with Crippen molar-refractivity contribution in [2.75, 3.05) is 13.1 Å². The van der Waals surface area contributed by atoms with E-state index in [1.807, 2.05) is 4.90 Å². The molecular weight excluding hydrogens is 282 g/mol. The van der Waals surface area contributed by atoms with Gasteiger partial charge in [-0.25, -0.2) is 4.98 Å². The molecule has 0 aromatic carbocycles. The fraction of sp³-hybridized carbons (Fsp3) is 0.688. The van der Waals surface area contributed by atoms with Gasteiger partial charge in [-0.05, 0) is 39.0 Å². The van der Waals surface area contributed by atoms with Crippen LogP contribution in [0.2, 0.25) is 0 Å². The SMILES string of the molecule is Cc1ncoc1C(=O)N1CCCCCNC(=O)[C@@H]2CCC[C@@H]21. The molecule has 1 N–H and O–H groups in total. The lowest BCUT2D eigenvalue weighted by Crippen LogP contribution is -2.48. The third kappa shape index (κ3) is 2.87. The predicted molar refractivity (Wildman–Crippen MR) is 80.3 cm³/mol. The van der Waals surface area contributed by atoms with Crippen LogP contribution in [-0.2, 0) is 4.79 Å². The van der Waals surface area contributed by atoms with Gasteiger partial charge in [0.25, 0.3) is 5.91 Å². The Kier molecular flexibility index (Phi) is 4.45. The zero-order valence-electron chi connectivity index (χ0n) is 13.0. The van der Waals surface area contributed by atoms with Crippen molar-refractivity contribution in [1.82, 2.24) is 15.2 Å². The highest BCUT2D eigenvalue weighted by Crippen LogP contribution is 2.32. The van der Waals surface area contributed by atoms with Gasteiger partial charge in [0.2, 0.25) is 11.7 Å². The van der Waals surface area contributed by atoms with Crippen LogP contribution in [0.15, 0.2) is 10.8 Å². The Hall–Kier alpha value is -1.85. The number of nitrogens with zero attached hydrogens (tertiary/aromatic N) is 2. The summed E-state index contributed by atoms with van der Waals surface area (Å²) in [7, 11) is 0. The molecule has 6 nitrogen and oxygen atoms in total. The first-order valence-electron chi connectivity index (χ1n) is 8.17. The topological polar surface area (TPSA) is 75.4 Å². The Morgan fingerprint density at radius 3 is 2.95 bits per heavy atom. The van der Waals surface area contributed by atoms with Crippen molar-refractivity contribution in [2.24, 2.45) is 5.92 Å². The average Bonchev–Trinajstić information content (AvgIpc) is 3.14. The first-order valence-corrected chi connectivity index (χ1v) is 8.17. The molecule has 1 aliphatic heterocycles. The van der Waals surface area contributed by atoms with Crippen molar-refractivity contribution in [2.45, 2.75) is 51.5 Å². The van der Waals surface area contributed by atoms with Crippen molar-refractivity contribution in [1.29, 1.82) is 0 Å². The molecule has 0 radical (unpaired) electrons. The number of aromatic nitrogens is 1. The number of rotatable bonds is 1. The molecule has 2 heterocycles. The fourth-order valence-electron chi connectivity index (χ4n) is 3.60. The second kappa shape index (κ2) is 6.50. The van der Waals surface area contributed by atoms with Crippen molar-refractivity contribution < 1.29 is 14.0 Å². The highest BCUT2D eigenvalue weighted by atomic mass is 16.3. The van der Waals surface area contributed by atoms with Crippen molar-refractivity contribution >= 4 is 11.8 Å². The molecule has 3 rings (SSSR count). The Morgan fingerprint density at radius 1 is 1.32 bits per heavy atom. The maximum Gasteiger partial charge on any atom is 0.291 e. The van der Waals surface area contributed by atoms with E-state index in [0.717, 1.165) is 45.1 Å². The lowest BCUT2D eigenvalue weighted by atomic mass is 9.99. The summed E-state index contributed by atoms with van der Waals surface area (Å²) in [4.78, 5) is 31.1. The zero-order chi connectivity index (χ0) is 15.5.